The summed E-state index contributed by atoms with van der Waals surface area (Å²) in [7, 11) is 0. The number of alkyl halides is 3. The van der Waals surface area contributed by atoms with Crippen LogP contribution < -0.4 is 0 Å². The molecule has 3 aromatic rings. The fourth-order valence-electron chi connectivity index (χ4n) is 2.80. The van der Waals surface area contributed by atoms with Gasteiger partial charge in [-0.15, -0.1) is 11.3 Å². The summed E-state index contributed by atoms with van der Waals surface area (Å²) in [4.78, 5) is 21.1. The van der Waals surface area contributed by atoms with Gasteiger partial charge in [0.2, 0.25) is 0 Å². The summed E-state index contributed by atoms with van der Waals surface area (Å²) in [6, 6.07) is 7.81. The molecular formula is C18H13F3N4O2S2. The lowest BCUT2D eigenvalue weighted by molar-refractivity contribution is -0.141. The van der Waals surface area contributed by atoms with E-state index in [1.807, 2.05) is 17.5 Å². The van der Waals surface area contributed by atoms with Crippen molar-refractivity contribution >= 4 is 34.7 Å². The van der Waals surface area contributed by atoms with E-state index in [4.69, 9.17) is 4.42 Å². The Morgan fingerprint density at radius 3 is 2.86 bits per heavy atom. The summed E-state index contributed by atoms with van der Waals surface area (Å²) >= 11 is 2.35. The summed E-state index contributed by atoms with van der Waals surface area (Å²) in [5, 5.41) is 7.58. The maximum absolute atomic E-state index is 12.8. The van der Waals surface area contributed by atoms with Gasteiger partial charge in [0.1, 0.15) is 17.2 Å². The molecule has 0 aliphatic carbocycles. The Morgan fingerprint density at radius 2 is 2.17 bits per heavy atom. The van der Waals surface area contributed by atoms with Crippen LogP contribution in [0.5, 0.6) is 0 Å². The number of hydrogen-bond acceptors (Lipinski definition) is 7. The monoisotopic (exact) mass is 438 g/mol. The zero-order chi connectivity index (χ0) is 20.4. The van der Waals surface area contributed by atoms with Crippen LogP contribution in [0, 0.1) is 0 Å². The highest BCUT2D eigenvalue weighted by Gasteiger charge is 2.35. The molecule has 0 aromatic carbocycles. The smallest absolute Gasteiger partial charge is 0.433 e. The fraction of sp³-hybridized carbons (Fsp3) is 0.222. The molecule has 150 valence electrons. The third-order valence-electron chi connectivity index (χ3n) is 4.09. The van der Waals surface area contributed by atoms with Crippen LogP contribution in [0.4, 0.5) is 13.2 Å². The van der Waals surface area contributed by atoms with Crippen LogP contribution in [0.3, 0.4) is 0 Å². The number of thiophene rings is 1. The van der Waals surface area contributed by atoms with Crippen LogP contribution in [0.15, 0.2) is 62.8 Å². The number of furan rings is 1. The van der Waals surface area contributed by atoms with E-state index in [0.717, 1.165) is 28.9 Å². The molecule has 0 saturated heterocycles. The van der Waals surface area contributed by atoms with Crippen molar-refractivity contribution in [3.05, 3.63) is 64.5 Å². The topological polar surface area (TPSA) is 71.6 Å². The van der Waals surface area contributed by atoms with Gasteiger partial charge in [-0.05, 0) is 29.6 Å². The Labute approximate surface area is 171 Å². The minimum atomic E-state index is -4.57. The molecule has 1 atom stereocenters. The Kier molecular flexibility index (Phi) is 5.41. The van der Waals surface area contributed by atoms with Gasteiger partial charge in [0.15, 0.2) is 5.16 Å². The van der Waals surface area contributed by atoms with E-state index < -0.39 is 11.9 Å². The average Bonchev–Trinajstić information content (AvgIpc) is 3.46. The number of hydrogen-bond donors (Lipinski definition) is 0. The van der Waals surface area contributed by atoms with Crippen molar-refractivity contribution in [2.24, 2.45) is 5.10 Å². The number of halogens is 3. The van der Waals surface area contributed by atoms with Gasteiger partial charge in [0.25, 0.3) is 5.91 Å². The van der Waals surface area contributed by atoms with E-state index in [2.05, 4.69) is 15.1 Å². The predicted molar refractivity (Wildman–Crippen MR) is 102 cm³/mol. The summed E-state index contributed by atoms with van der Waals surface area (Å²) in [6.45, 7) is 0. The molecule has 0 radical (unpaired) electrons. The Bertz CT molecular complexity index is 1020. The van der Waals surface area contributed by atoms with Gasteiger partial charge in [-0.2, -0.15) is 18.3 Å². The third kappa shape index (κ3) is 4.35. The number of nitrogens with zero attached hydrogens (tertiary/aromatic N) is 4. The van der Waals surface area contributed by atoms with Crippen LogP contribution in [0.2, 0.25) is 0 Å². The zero-order valence-electron chi connectivity index (χ0n) is 14.7. The highest BCUT2D eigenvalue weighted by atomic mass is 32.2. The van der Waals surface area contributed by atoms with Crippen LogP contribution in [-0.2, 0) is 11.0 Å². The highest BCUT2D eigenvalue weighted by molar-refractivity contribution is 7.99. The van der Waals surface area contributed by atoms with E-state index in [1.165, 1.54) is 22.6 Å². The number of hydrazone groups is 1. The van der Waals surface area contributed by atoms with E-state index in [0.29, 0.717) is 17.9 Å². The molecule has 11 heteroatoms. The average molecular weight is 438 g/mol. The lowest BCUT2D eigenvalue weighted by Crippen LogP contribution is -2.28. The highest BCUT2D eigenvalue weighted by Crippen LogP contribution is 2.36. The first-order chi connectivity index (χ1) is 13.9. The molecule has 1 aliphatic heterocycles. The van der Waals surface area contributed by atoms with Crippen LogP contribution in [-0.4, -0.2) is 32.3 Å². The summed E-state index contributed by atoms with van der Waals surface area (Å²) in [5.41, 5.74) is -0.403. The molecule has 4 heterocycles. The third-order valence-corrected chi connectivity index (χ3v) is 5.91. The summed E-state index contributed by atoms with van der Waals surface area (Å²) in [5.74, 6) is 0.0877. The number of rotatable bonds is 5. The molecule has 0 bridgehead atoms. The second kappa shape index (κ2) is 7.99. The van der Waals surface area contributed by atoms with Crippen LogP contribution in [0.1, 0.15) is 28.8 Å². The van der Waals surface area contributed by atoms with Crippen molar-refractivity contribution in [2.75, 3.05) is 5.75 Å². The fourth-order valence-corrected chi connectivity index (χ4v) is 4.29. The Hall–Kier alpha value is -2.66. The van der Waals surface area contributed by atoms with Crippen molar-refractivity contribution in [1.29, 1.82) is 0 Å². The molecule has 6 nitrogen and oxygen atoms in total. The van der Waals surface area contributed by atoms with E-state index in [9.17, 15) is 18.0 Å². The predicted octanol–water partition coefficient (Wildman–Crippen LogP) is 4.62. The molecule has 0 saturated carbocycles. The first-order valence-corrected chi connectivity index (χ1v) is 10.3. The number of carbonyl (C=O) groups is 1. The van der Waals surface area contributed by atoms with Gasteiger partial charge >= 0.3 is 6.18 Å². The van der Waals surface area contributed by atoms with Gasteiger partial charge in [0, 0.05) is 17.5 Å². The summed E-state index contributed by atoms with van der Waals surface area (Å²) < 4.78 is 43.8. The van der Waals surface area contributed by atoms with Crippen molar-refractivity contribution in [2.45, 2.75) is 23.8 Å². The standard InChI is InChI=1S/C18H13F3N4O2S2/c19-18(20,21)15-5-6-22-17(23-15)29-10-16(26)25-12(14-4-2-8-28-14)9-11(24-25)13-3-1-7-27-13/h1-8,12H,9-10H2. The molecule has 0 fully saturated rings. The van der Waals surface area contributed by atoms with Crippen LogP contribution >= 0.6 is 23.1 Å². The van der Waals surface area contributed by atoms with E-state index in [1.54, 1.807) is 12.1 Å². The molecule has 29 heavy (non-hydrogen) atoms. The second-order valence-corrected chi connectivity index (χ2v) is 7.93. The molecule has 4 rings (SSSR count). The number of aromatic nitrogens is 2. The van der Waals surface area contributed by atoms with E-state index in [-0.39, 0.29) is 22.9 Å². The summed E-state index contributed by atoms with van der Waals surface area (Å²) in [6.07, 6.45) is -1.52. The van der Waals surface area contributed by atoms with Crippen molar-refractivity contribution in [1.82, 2.24) is 15.0 Å². The van der Waals surface area contributed by atoms with Crippen molar-refractivity contribution in [3.8, 4) is 0 Å². The first-order valence-electron chi connectivity index (χ1n) is 8.41. The largest absolute Gasteiger partial charge is 0.463 e. The minimum absolute atomic E-state index is 0.115. The molecule has 1 unspecified atom stereocenters. The maximum atomic E-state index is 12.8. The molecule has 0 N–H and O–H groups in total. The lowest BCUT2D eigenvalue weighted by Gasteiger charge is -2.20. The zero-order valence-corrected chi connectivity index (χ0v) is 16.3. The number of carbonyl (C=O) groups excluding carboxylic acids is 1. The molecule has 0 spiro atoms. The van der Waals surface area contributed by atoms with Gasteiger partial charge in [0.05, 0.1) is 18.1 Å². The molecule has 1 amide bonds. The molecular weight excluding hydrogens is 425 g/mol. The van der Waals surface area contributed by atoms with Gasteiger partial charge in [-0.1, -0.05) is 17.8 Å². The van der Waals surface area contributed by atoms with Crippen molar-refractivity contribution in [3.63, 3.8) is 0 Å². The van der Waals surface area contributed by atoms with E-state index >= 15 is 0 Å². The lowest BCUT2D eigenvalue weighted by atomic mass is 10.1. The van der Waals surface area contributed by atoms with Gasteiger partial charge in [-0.3, -0.25) is 4.79 Å². The Morgan fingerprint density at radius 1 is 1.31 bits per heavy atom. The normalized spacial score (nSPS) is 16.9. The quantitative estimate of drug-likeness (QED) is 0.429. The maximum Gasteiger partial charge on any atom is 0.433 e. The van der Waals surface area contributed by atoms with Gasteiger partial charge in [-0.25, -0.2) is 15.0 Å². The molecule has 3 aromatic heterocycles. The SMILES string of the molecule is O=C(CSc1nccc(C(F)(F)F)n1)N1N=C(c2ccco2)CC1c1cccs1. The molecule has 1 aliphatic rings. The minimum Gasteiger partial charge on any atom is -0.463 e. The second-order valence-electron chi connectivity index (χ2n) is 6.01. The van der Waals surface area contributed by atoms with Crippen molar-refractivity contribution < 1.29 is 22.4 Å². The van der Waals surface area contributed by atoms with Crippen LogP contribution in [0.25, 0.3) is 0 Å². The Balaban J connectivity index is 1.51. The number of thioether (sulfide) groups is 1. The first kappa shape index (κ1) is 19.6. The number of amides is 1. The van der Waals surface area contributed by atoms with Gasteiger partial charge < -0.3 is 4.42 Å².